The van der Waals surface area contributed by atoms with Crippen molar-refractivity contribution in [1.29, 1.82) is 5.26 Å². The van der Waals surface area contributed by atoms with E-state index >= 15 is 0 Å². The van der Waals surface area contributed by atoms with Gasteiger partial charge >= 0.3 is 0 Å². The summed E-state index contributed by atoms with van der Waals surface area (Å²) < 4.78 is 0. The third-order valence-electron chi connectivity index (χ3n) is 4.20. The van der Waals surface area contributed by atoms with E-state index in [0.29, 0.717) is 17.1 Å². The minimum absolute atomic E-state index is 0.202. The van der Waals surface area contributed by atoms with Crippen molar-refractivity contribution >= 4 is 40.9 Å². The molecule has 3 rings (SSSR count). The highest BCUT2D eigenvalue weighted by atomic mass is 35.5. The van der Waals surface area contributed by atoms with Gasteiger partial charge in [-0.1, -0.05) is 53.7 Å². The summed E-state index contributed by atoms with van der Waals surface area (Å²) in [6, 6.07) is 16.4. The number of carbonyl (C=O) groups excluding carboxylic acids is 2. The lowest BCUT2D eigenvalue weighted by Crippen LogP contribution is -2.31. The number of nitrogens with zero attached hydrogens (tertiary/aromatic N) is 2. The van der Waals surface area contributed by atoms with Gasteiger partial charge in [0.15, 0.2) is 0 Å². The molecule has 5 nitrogen and oxygen atoms in total. The van der Waals surface area contributed by atoms with Crippen molar-refractivity contribution in [3.63, 3.8) is 0 Å². The van der Waals surface area contributed by atoms with Crippen LogP contribution in [-0.2, 0) is 16.0 Å². The van der Waals surface area contributed by atoms with Gasteiger partial charge in [-0.3, -0.25) is 14.5 Å². The van der Waals surface area contributed by atoms with Gasteiger partial charge in [0.1, 0.15) is 16.7 Å². The molecule has 1 heterocycles. The Balaban J connectivity index is 2.01. The summed E-state index contributed by atoms with van der Waals surface area (Å²) >= 11 is 7.36. The van der Waals surface area contributed by atoms with Crippen molar-refractivity contribution in [2.24, 2.45) is 5.73 Å². The Bertz CT molecular complexity index is 982. The van der Waals surface area contributed by atoms with Crippen molar-refractivity contribution in [1.82, 2.24) is 0 Å². The van der Waals surface area contributed by atoms with Crippen LogP contribution in [0, 0.1) is 18.3 Å². The van der Waals surface area contributed by atoms with Gasteiger partial charge in [0.2, 0.25) is 5.91 Å². The Labute approximate surface area is 166 Å². The number of hydrogen-bond donors (Lipinski definition) is 1. The Morgan fingerprint density at radius 2 is 2.00 bits per heavy atom. The second-order valence-electron chi connectivity index (χ2n) is 6.06. The lowest BCUT2D eigenvalue weighted by molar-refractivity contribution is -0.117. The first-order valence-electron chi connectivity index (χ1n) is 8.17. The molecule has 0 saturated carbocycles. The van der Waals surface area contributed by atoms with E-state index in [0.717, 1.165) is 11.1 Å². The van der Waals surface area contributed by atoms with E-state index < -0.39 is 11.2 Å². The quantitative estimate of drug-likeness (QED) is 0.631. The zero-order valence-electron chi connectivity index (χ0n) is 14.5. The van der Waals surface area contributed by atoms with Crippen LogP contribution >= 0.6 is 23.4 Å². The number of aryl methyl sites for hydroxylation is 1. The molecule has 1 atom stereocenters. The highest BCUT2D eigenvalue weighted by Crippen LogP contribution is 2.41. The number of carbonyl (C=O) groups is 2. The maximum atomic E-state index is 13.1. The largest absolute Gasteiger partial charge is 0.365 e. The number of anilines is 1. The molecule has 0 spiro atoms. The number of nitrogens with two attached hydrogens (primary N) is 1. The molecule has 1 aliphatic heterocycles. The average molecular weight is 398 g/mol. The Kier molecular flexibility index (Phi) is 5.54. The lowest BCUT2D eigenvalue weighted by Gasteiger charge is -2.18. The number of amides is 2. The molecule has 1 aliphatic rings. The number of benzene rings is 2. The maximum Gasteiger partial charge on any atom is 0.262 e. The summed E-state index contributed by atoms with van der Waals surface area (Å²) in [5.41, 5.74) is 7.59. The molecule has 1 saturated heterocycles. The molecule has 0 unspecified atom stereocenters. The second kappa shape index (κ2) is 7.87. The fourth-order valence-corrected chi connectivity index (χ4v) is 4.31. The summed E-state index contributed by atoms with van der Waals surface area (Å²) in [5, 5.41) is 9.79. The van der Waals surface area contributed by atoms with E-state index in [4.69, 9.17) is 17.3 Å². The average Bonchev–Trinajstić information content (AvgIpc) is 2.95. The second-order valence-corrected chi connectivity index (χ2v) is 7.66. The molecule has 2 aromatic carbocycles. The first kappa shape index (κ1) is 19.0. The molecular formula is C20H16ClN3O2S. The van der Waals surface area contributed by atoms with Crippen molar-refractivity contribution in [2.75, 3.05) is 4.90 Å². The Morgan fingerprint density at radius 3 is 2.59 bits per heavy atom. The summed E-state index contributed by atoms with van der Waals surface area (Å²) in [6.07, 6.45) is 0.424. The lowest BCUT2D eigenvalue weighted by atomic mass is 10.1. The summed E-state index contributed by atoms with van der Waals surface area (Å²) in [7, 11) is 0. The number of rotatable bonds is 4. The van der Waals surface area contributed by atoms with Crippen LogP contribution in [0.4, 0.5) is 5.69 Å². The van der Waals surface area contributed by atoms with Crippen LogP contribution in [0.3, 0.4) is 0 Å². The number of hydrogen-bond acceptors (Lipinski definition) is 4. The van der Waals surface area contributed by atoms with Crippen LogP contribution in [0.5, 0.6) is 0 Å². The Morgan fingerprint density at radius 1 is 1.30 bits per heavy atom. The summed E-state index contributed by atoms with van der Waals surface area (Å²) in [5.74, 6) is -1.06. The molecule has 136 valence electrons. The molecule has 0 aromatic heterocycles. The Hall–Kier alpha value is -2.75. The molecule has 1 fully saturated rings. The van der Waals surface area contributed by atoms with Gasteiger partial charge in [-0.15, -0.1) is 0 Å². The maximum absolute atomic E-state index is 13.1. The SMILES string of the molecule is Cc1ccc(C[C@@H]2S/C(=C(/C#N)C(N)=O)N(c3ccccc3)C2=O)cc1Cl. The third kappa shape index (κ3) is 3.85. The van der Waals surface area contributed by atoms with E-state index in [1.54, 1.807) is 24.3 Å². The minimum atomic E-state index is -0.854. The van der Waals surface area contributed by atoms with Crippen molar-refractivity contribution < 1.29 is 9.59 Å². The van der Waals surface area contributed by atoms with Crippen LogP contribution in [0.1, 0.15) is 11.1 Å². The first-order chi connectivity index (χ1) is 12.9. The van der Waals surface area contributed by atoms with Gasteiger partial charge < -0.3 is 5.73 Å². The van der Waals surface area contributed by atoms with E-state index in [-0.39, 0.29) is 16.5 Å². The molecule has 2 aromatic rings. The van der Waals surface area contributed by atoms with Crippen molar-refractivity contribution in [2.45, 2.75) is 18.6 Å². The number of halogens is 1. The molecule has 0 bridgehead atoms. The third-order valence-corrected chi connectivity index (χ3v) is 5.87. The number of nitriles is 1. The molecule has 27 heavy (non-hydrogen) atoms. The topological polar surface area (TPSA) is 87.2 Å². The summed E-state index contributed by atoms with van der Waals surface area (Å²) in [4.78, 5) is 26.2. The molecular weight excluding hydrogens is 382 g/mol. The van der Waals surface area contributed by atoms with Gasteiger partial charge in [-0.25, -0.2) is 0 Å². The highest BCUT2D eigenvalue weighted by Gasteiger charge is 2.40. The van der Waals surface area contributed by atoms with Gasteiger partial charge in [-0.05, 0) is 42.7 Å². The molecule has 2 amide bonds. The zero-order valence-corrected chi connectivity index (χ0v) is 16.1. The van der Waals surface area contributed by atoms with E-state index in [9.17, 15) is 14.9 Å². The van der Waals surface area contributed by atoms with E-state index in [2.05, 4.69) is 0 Å². The van der Waals surface area contributed by atoms with E-state index in [1.807, 2.05) is 37.3 Å². The van der Waals surface area contributed by atoms with Crippen LogP contribution in [-0.4, -0.2) is 17.1 Å². The fourth-order valence-electron chi connectivity index (χ4n) is 2.79. The molecule has 0 radical (unpaired) electrons. The van der Waals surface area contributed by atoms with Crippen molar-refractivity contribution in [3.05, 3.63) is 75.3 Å². The first-order valence-corrected chi connectivity index (χ1v) is 9.43. The fraction of sp³-hybridized carbons (Fsp3) is 0.150. The smallest absolute Gasteiger partial charge is 0.262 e. The van der Waals surface area contributed by atoms with Crippen molar-refractivity contribution in [3.8, 4) is 6.07 Å². The molecule has 7 heteroatoms. The number of primary amides is 1. The minimum Gasteiger partial charge on any atom is -0.365 e. The van der Waals surface area contributed by atoms with Gasteiger partial charge in [0.25, 0.3) is 5.91 Å². The van der Waals surface area contributed by atoms with Gasteiger partial charge in [-0.2, -0.15) is 5.26 Å². The predicted molar refractivity (Wildman–Crippen MR) is 107 cm³/mol. The van der Waals surface area contributed by atoms with Crippen LogP contribution in [0.2, 0.25) is 5.02 Å². The number of para-hydroxylation sites is 1. The number of thioether (sulfide) groups is 1. The van der Waals surface area contributed by atoms with E-state index in [1.165, 1.54) is 16.7 Å². The molecule has 0 aliphatic carbocycles. The zero-order chi connectivity index (χ0) is 19.6. The highest BCUT2D eigenvalue weighted by molar-refractivity contribution is 8.05. The molecule has 2 N–H and O–H groups in total. The summed E-state index contributed by atoms with van der Waals surface area (Å²) in [6.45, 7) is 1.91. The normalized spacial score (nSPS) is 18.3. The standard InChI is InChI=1S/C20H16ClN3O2S/c1-12-7-8-13(9-16(12)21)10-17-19(26)24(14-5-3-2-4-6-14)20(27-17)15(11-22)18(23)25/h2-9,17H,10H2,1H3,(H2,23,25)/b20-15-/t17-/m0/s1. The van der Waals surface area contributed by atoms with Gasteiger partial charge in [0.05, 0.1) is 5.25 Å². The predicted octanol–water partition coefficient (Wildman–Crippen LogP) is 3.56. The van der Waals surface area contributed by atoms with Crippen LogP contribution in [0.15, 0.2) is 59.1 Å². The van der Waals surface area contributed by atoms with Crippen LogP contribution in [0.25, 0.3) is 0 Å². The monoisotopic (exact) mass is 397 g/mol. The van der Waals surface area contributed by atoms with Gasteiger partial charge in [0, 0.05) is 10.7 Å². The van der Waals surface area contributed by atoms with Crippen LogP contribution < -0.4 is 10.6 Å².